The summed E-state index contributed by atoms with van der Waals surface area (Å²) in [5, 5.41) is 0. The number of hydrogen-bond acceptors (Lipinski definition) is 3. The Morgan fingerprint density at radius 1 is 0.864 bits per heavy atom. The monoisotopic (exact) mass is 295 g/mol. The first kappa shape index (κ1) is 14.6. The van der Waals surface area contributed by atoms with E-state index in [0.29, 0.717) is 0 Å². The van der Waals surface area contributed by atoms with Gasteiger partial charge in [0.1, 0.15) is 6.04 Å². The number of benzene rings is 2. The summed E-state index contributed by atoms with van der Waals surface area (Å²) in [4.78, 5) is 16.4. The molecule has 0 radical (unpaired) electrons. The fourth-order valence-corrected chi connectivity index (χ4v) is 3.07. The summed E-state index contributed by atoms with van der Waals surface area (Å²) in [5.41, 5.74) is 7.86. The highest BCUT2D eigenvalue weighted by atomic mass is 16.1. The Bertz CT molecular complexity index is 607. The quantitative estimate of drug-likeness (QED) is 0.939. The predicted molar refractivity (Wildman–Crippen MR) is 88.6 cm³/mol. The first-order chi connectivity index (χ1) is 10.8. The fourth-order valence-electron chi connectivity index (χ4n) is 3.07. The Labute approximate surface area is 131 Å². The van der Waals surface area contributed by atoms with Crippen molar-refractivity contribution in [3.05, 3.63) is 66.2 Å². The number of rotatable bonds is 4. The molecule has 1 fully saturated rings. The number of piperazine rings is 1. The number of nitrogens with two attached hydrogens (primary N) is 1. The van der Waals surface area contributed by atoms with Gasteiger partial charge in [-0.1, -0.05) is 48.5 Å². The van der Waals surface area contributed by atoms with Gasteiger partial charge in [0.2, 0.25) is 5.91 Å². The van der Waals surface area contributed by atoms with Gasteiger partial charge in [0.15, 0.2) is 0 Å². The van der Waals surface area contributed by atoms with Crippen LogP contribution in [0.25, 0.3) is 0 Å². The zero-order valence-corrected chi connectivity index (χ0v) is 12.6. The molecule has 114 valence electrons. The second-order valence-electron chi connectivity index (χ2n) is 5.57. The number of nitrogens with zero attached hydrogens (tertiary/aromatic N) is 2. The SMILES string of the molecule is NC(=O)[C@H](c1ccccc1)N1CCN(c2ccccc2)CC1. The van der Waals surface area contributed by atoms with Gasteiger partial charge in [-0.3, -0.25) is 9.69 Å². The zero-order valence-electron chi connectivity index (χ0n) is 12.6. The molecule has 0 aromatic heterocycles. The summed E-state index contributed by atoms with van der Waals surface area (Å²) in [7, 11) is 0. The highest BCUT2D eigenvalue weighted by Crippen LogP contribution is 2.23. The van der Waals surface area contributed by atoms with Crippen LogP contribution in [0.15, 0.2) is 60.7 Å². The molecule has 1 aliphatic heterocycles. The van der Waals surface area contributed by atoms with Crippen LogP contribution >= 0.6 is 0 Å². The van der Waals surface area contributed by atoms with Crippen LogP contribution in [-0.4, -0.2) is 37.0 Å². The van der Waals surface area contributed by atoms with Crippen molar-refractivity contribution in [1.29, 1.82) is 0 Å². The average molecular weight is 295 g/mol. The minimum Gasteiger partial charge on any atom is -0.369 e. The summed E-state index contributed by atoms with van der Waals surface area (Å²) < 4.78 is 0. The van der Waals surface area contributed by atoms with E-state index in [4.69, 9.17) is 5.73 Å². The van der Waals surface area contributed by atoms with E-state index in [9.17, 15) is 4.79 Å². The number of amides is 1. The first-order valence-electron chi connectivity index (χ1n) is 7.64. The standard InChI is InChI=1S/C18H21N3O/c19-18(22)17(15-7-3-1-4-8-15)21-13-11-20(12-14-21)16-9-5-2-6-10-16/h1-10,17H,11-14H2,(H2,19,22)/t17-/m0/s1. The van der Waals surface area contributed by atoms with Crippen LogP contribution in [0.5, 0.6) is 0 Å². The summed E-state index contributed by atoms with van der Waals surface area (Å²) in [5.74, 6) is -0.278. The highest BCUT2D eigenvalue weighted by molar-refractivity contribution is 5.81. The topological polar surface area (TPSA) is 49.6 Å². The molecule has 2 aromatic carbocycles. The Morgan fingerprint density at radius 3 is 1.95 bits per heavy atom. The molecule has 1 saturated heterocycles. The van der Waals surface area contributed by atoms with Crippen molar-refractivity contribution < 1.29 is 4.79 Å². The second-order valence-corrected chi connectivity index (χ2v) is 5.57. The van der Waals surface area contributed by atoms with Gasteiger partial charge in [0.25, 0.3) is 0 Å². The van der Waals surface area contributed by atoms with Crippen LogP contribution in [0.2, 0.25) is 0 Å². The fraction of sp³-hybridized carbons (Fsp3) is 0.278. The van der Waals surface area contributed by atoms with Gasteiger partial charge in [-0.2, -0.15) is 0 Å². The molecule has 0 spiro atoms. The van der Waals surface area contributed by atoms with Crippen LogP contribution in [0.3, 0.4) is 0 Å². The van der Waals surface area contributed by atoms with Gasteiger partial charge in [0, 0.05) is 31.9 Å². The second kappa shape index (κ2) is 6.62. The number of carbonyl (C=O) groups is 1. The van der Waals surface area contributed by atoms with Crippen LogP contribution < -0.4 is 10.6 Å². The Hall–Kier alpha value is -2.33. The predicted octanol–water partition coefficient (Wildman–Crippen LogP) is 2.04. The summed E-state index contributed by atoms with van der Waals surface area (Å²) >= 11 is 0. The number of primary amides is 1. The smallest absolute Gasteiger partial charge is 0.239 e. The lowest BCUT2D eigenvalue weighted by molar-refractivity contribution is -0.123. The van der Waals surface area contributed by atoms with E-state index in [1.54, 1.807) is 0 Å². The molecule has 1 heterocycles. The zero-order chi connectivity index (χ0) is 15.4. The summed E-state index contributed by atoms with van der Waals surface area (Å²) in [6, 6.07) is 19.8. The Kier molecular flexibility index (Phi) is 4.39. The van der Waals surface area contributed by atoms with Gasteiger partial charge in [-0.15, -0.1) is 0 Å². The third kappa shape index (κ3) is 3.12. The lowest BCUT2D eigenvalue weighted by Gasteiger charge is -2.39. The number of anilines is 1. The van der Waals surface area contributed by atoms with Gasteiger partial charge >= 0.3 is 0 Å². The Balaban J connectivity index is 1.70. The molecule has 0 aliphatic carbocycles. The molecule has 0 unspecified atom stereocenters. The molecule has 0 saturated carbocycles. The van der Waals surface area contributed by atoms with E-state index in [1.807, 2.05) is 36.4 Å². The number of carbonyl (C=O) groups excluding carboxylic acids is 1. The molecule has 1 atom stereocenters. The molecular weight excluding hydrogens is 274 g/mol. The number of para-hydroxylation sites is 1. The maximum absolute atomic E-state index is 11.9. The summed E-state index contributed by atoms with van der Waals surface area (Å²) in [6.07, 6.45) is 0. The minimum absolute atomic E-state index is 0.278. The third-order valence-electron chi connectivity index (χ3n) is 4.19. The van der Waals surface area contributed by atoms with Crippen molar-refractivity contribution in [3.8, 4) is 0 Å². The minimum atomic E-state index is -0.334. The van der Waals surface area contributed by atoms with E-state index < -0.39 is 0 Å². The van der Waals surface area contributed by atoms with E-state index in [1.165, 1.54) is 5.69 Å². The van der Waals surface area contributed by atoms with E-state index >= 15 is 0 Å². The molecule has 4 nitrogen and oxygen atoms in total. The lowest BCUT2D eigenvalue weighted by atomic mass is 10.0. The molecule has 4 heteroatoms. The van der Waals surface area contributed by atoms with Crippen molar-refractivity contribution in [3.63, 3.8) is 0 Å². The lowest BCUT2D eigenvalue weighted by Crippen LogP contribution is -2.50. The molecular formula is C18H21N3O. The Morgan fingerprint density at radius 2 is 1.41 bits per heavy atom. The molecule has 22 heavy (non-hydrogen) atoms. The molecule has 2 N–H and O–H groups in total. The van der Waals surface area contributed by atoms with Gasteiger partial charge < -0.3 is 10.6 Å². The maximum Gasteiger partial charge on any atom is 0.239 e. The van der Waals surface area contributed by atoms with Crippen LogP contribution in [0.1, 0.15) is 11.6 Å². The maximum atomic E-state index is 11.9. The normalized spacial score (nSPS) is 17.2. The van der Waals surface area contributed by atoms with Crippen molar-refractivity contribution >= 4 is 11.6 Å². The van der Waals surface area contributed by atoms with E-state index in [-0.39, 0.29) is 11.9 Å². The van der Waals surface area contributed by atoms with Crippen LogP contribution in [-0.2, 0) is 4.79 Å². The molecule has 2 aromatic rings. The largest absolute Gasteiger partial charge is 0.369 e. The van der Waals surface area contributed by atoms with Crippen molar-refractivity contribution in [2.24, 2.45) is 5.73 Å². The third-order valence-corrected chi connectivity index (χ3v) is 4.19. The molecule has 1 amide bonds. The highest BCUT2D eigenvalue weighted by Gasteiger charge is 2.28. The van der Waals surface area contributed by atoms with Crippen LogP contribution in [0, 0.1) is 0 Å². The molecule has 0 bridgehead atoms. The van der Waals surface area contributed by atoms with Crippen LogP contribution in [0.4, 0.5) is 5.69 Å². The summed E-state index contributed by atoms with van der Waals surface area (Å²) in [6.45, 7) is 3.47. The van der Waals surface area contributed by atoms with Gasteiger partial charge in [0.05, 0.1) is 0 Å². The van der Waals surface area contributed by atoms with Crippen molar-refractivity contribution in [2.45, 2.75) is 6.04 Å². The van der Waals surface area contributed by atoms with E-state index in [0.717, 1.165) is 31.7 Å². The number of hydrogen-bond donors (Lipinski definition) is 1. The van der Waals surface area contributed by atoms with Gasteiger partial charge in [-0.05, 0) is 17.7 Å². The van der Waals surface area contributed by atoms with E-state index in [2.05, 4.69) is 34.1 Å². The average Bonchev–Trinajstić information content (AvgIpc) is 2.57. The van der Waals surface area contributed by atoms with Crippen molar-refractivity contribution in [2.75, 3.05) is 31.1 Å². The molecule has 3 rings (SSSR count). The van der Waals surface area contributed by atoms with Crippen molar-refractivity contribution in [1.82, 2.24) is 4.90 Å². The van der Waals surface area contributed by atoms with Gasteiger partial charge in [-0.25, -0.2) is 0 Å². The molecule has 1 aliphatic rings. The first-order valence-corrected chi connectivity index (χ1v) is 7.64.